The molecule has 6 nitrogen and oxygen atoms in total. The van der Waals surface area contributed by atoms with Crippen molar-refractivity contribution in [3.05, 3.63) is 47.1 Å². The van der Waals surface area contributed by atoms with Crippen LogP contribution in [0.5, 0.6) is 0 Å². The van der Waals surface area contributed by atoms with E-state index in [0.29, 0.717) is 0 Å². The van der Waals surface area contributed by atoms with Gasteiger partial charge in [0, 0.05) is 34.6 Å². The summed E-state index contributed by atoms with van der Waals surface area (Å²) in [6, 6.07) is 8.70. The maximum absolute atomic E-state index is 11.5. The molecular weight excluding hydrogens is 380 g/mol. The molecule has 2 aromatic heterocycles. The van der Waals surface area contributed by atoms with Crippen molar-refractivity contribution in [3.8, 4) is 16.9 Å². The lowest BCUT2D eigenvalue weighted by atomic mass is 10.2. The van der Waals surface area contributed by atoms with E-state index in [9.17, 15) is 8.42 Å². The largest absolute Gasteiger partial charge is 0.362 e. The van der Waals surface area contributed by atoms with E-state index in [1.54, 1.807) is 23.5 Å². The highest BCUT2D eigenvalue weighted by atomic mass is 32.2. The van der Waals surface area contributed by atoms with E-state index < -0.39 is 10.0 Å². The van der Waals surface area contributed by atoms with Crippen molar-refractivity contribution in [2.24, 2.45) is 5.14 Å². The summed E-state index contributed by atoms with van der Waals surface area (Å²) >= 11 is 1.61. The maximum atomic E-state index is 11.5. The molecule has 0 bridgehead atoms. The van der Waals surface area contributed by atoms with Crippen LogP contribution in [0, 0.1) is 13.8 Å². The second-order valence-electron chi connectivity index (χ2n) is 6.48. The molecule has 0 aliphatic carbocycles. The average Bonchev–Trinajstić information content (AvgIpc) is 3.19. The Morgan fingerprint density at radius 1 is 1.22 bits per heavy atom. The van der Waals surface area contributed by atoms with Crippen LogP contribution < -0.4 is 10.5 Å². The highest BCUT2D eigenvalue weighted by Gasteiger charge is 2.15. The number of thiazole rings is 1. The van der Waals surface area contributed by atoms with Gasteiger partial charge in [-0.05, 0) is 50.6 Å². The first kappa shape index (κ1) is 19.6. The fourth-order valence-electron chi connectivity index (χ4n) is 3.06. The van der Waals surface area contributed by atoms with Crippen LogP contribution in [0.15, 0.2) is 40.6 Å². The zero-order chi connectivity index (χ0) is 19.6. The number of nitrogens with one attached hydrogen (secondary N) is 1. The Bertz CT molecular complexity index is 1030. The van der Waals surface area contributed by atoms with E-state index in [1.807, 2.05) is 13.8 Å². The molecule has 0 saturated carbocycles. The number of unbranched alkanes of at least 4 members (excludes halogenated alkanes) is 1. The predicted octanol–water partition coefficient (Wildman–Crippen LogP) is 4.08. The summed E-state index contributed by atoms with van der Waals surface area (Å²) in [7, 11) is -3.69. The molecule has 2 heterocycles. The van der Waals surface area contributed by atoms with Crippen LogP contribution in [0.4, 0.5) is 5.13 Å². The number of hydrogen-bond acceptors (Lipinski definition) is 5. The molecule has 0 fully saturated rings. The summed E-state index contributed by atoms with van der Waals surface area (Å²) in [4.78, 5) is 4.81. The lowest BCUT2D eigenvalue weighted by Gasteiger charge is -2.10. The lowest BCUT2D eigenvalue weighted by Crippen LogP contribution is -2.12. The van der Waals surface area contributed by atoms with Crippen molar-refractivity contribution in [2.45, 2.75) is 38.5 Å². The summed E-state index contributed by atoms with van der Waals surface area (Å²) in [6.07, 6.45) is 2.27. The van der Waals surface area contributed by atoms with Gasteiger partial charge in [0.05, 0.1) is 10.6 Å². The van der Waals surface area contributed by atoms with Gasteiger partial charge in [-0.1, -0.05) is 13.3 Å². The quantitative estimate of drug-likeness (QED) is 0.581. The Hall–Kier alpha value is -2.16. The fourth-order valence-corrected chi connectivity index (χ4v) is 4.31. The van der Waals surface area contributed by atoms with Crippen molar-refractivity contribution < 1.29 is 8.42 Å². The first-order valence-corrected chi connectivity index (χ1v) is 11.3. The smallest absolute Gasteiger partial charge is 0.238 e. The second-order valence-corrected chi connectivity index (χ2v) is 8.90. The van der Waals surface area contributed by atoms with Crippen LogP contribution in [0.2, 0.25) is 0 Å². The molecule has 0 atom stereocenters. The van der Waals surface area contributed by atoms with E-state index >= 15 is 0 Å². The summed E-state index contributed by atoms with van der Waals surface area (Å²) in [5.41, 5.74) is 5.02. The number of aryl methyl sites for hydroxylation is 1. The Kier molecular flexibility index (Phi) is 5.69. The van der Waals surface area contributed by atoms with Gasteiger partial charge >= 0.3 is 0 Å². The number of aromatic nitrogens is 2. The number of benzene rings is 1. The van der Waals surface area contributed by atoms with Crippen molar-refractivity contribution in [1.29, 1.82) is 0 Å². The molecular formula is C19H24N4O2S2. The minimum Gasteiger partial charge on any atom is -0.362 e. The maximum Gasteiger partial charge on any atom is 0.238 e. The molecule has 1 aromatic carbocycles. The molecule has 0 spiro atoms. The third-order valence-electron chi connectivity index (χ3n) is 4.44. The first-order valence-electron chi connectivity index (χ1n) is 8.83. The molecule has 3 aromatic rings. The topological polar surface area (TPSA) is 90.0 Å². The SMILES string of the molecule is CCCCNc1nc(-c2cc(C)n(-c3ccc(S(N)(=O)=O)cc3)c2C)cs1. The van der Waals surface area contributed by atoms with Gasteiger partial charge in [0.2, 0.25) is 10.0 Å². The van der Waals surface area contributed by atoms with Crippen molar-refractivity contribution in [2.75, 3.05) is 11.9 Å². The zero-order valence-electron chi connectivity index (χ0n) is 15.7. The van der Waals surface area contributed by atoms with Crippen molar-refractivity contribution in [3.63, 3.8) is 0 Å². The lowest BCUT2D eigenvalue weighted by molar-refractivity contribution is 0.598. The van der Waals surface area contributed by atoms with Crippen LogP contribution in [0.25, 0.3) is 16.9 Å². The number of nitrogens with zero attached hydrogens (tertiary/aromatic N) is 2. The third kappa shape index (κ3) is 4.23. The second kappa shape index (κ2) is 7.84. The Balaban J connectivity index is 1.91. The van der Waals surface area contributed by atoms with Crippen LogP contribution in [0.1, 0.15) is 31.2 Å². The first-order chi connectivity index (χ1) is 12.8. The number of anilines is 1. The highest BCUT2D eigenvalue weighted by Crippen LogP contribution is 2.31. The standard InChI is InChI=1S/C19H24N4O2S2/c1-4-5-10-21-19-22-18(12-26-19)17-11-13(2)23(14(17)3)15-6-8-16(9-7-15)27(20,24)25/h6-9,11-12H,4-5,10H2,1-3H3,(H,21,22)(H2,20,24,25). The van der Waals surface area contributed by atoms with Gasteiger partial charge < -0.3 is 9.88 Å². The molecule has 0 aliphatic heterocycles. The van der Waals surface area contributed by atoms with Gasteiger partial charge in [0.15, 0.2) is 5.13 Å². The summed E-state index contributed by atoms with van der Waals surface area (Å²) in [5.74, 6) is 0. The number of hydrogen-bond donors (Lipinski definition) is 2. The third-order valence-corrected chi connectivity index (χ3v) is 6.17. The molecule has 0 aliphatic rings. The van der Waals surface area contributed by atoms with E-state index in [2.05, 4.69) is 28.3 Å². The van der Waals surface area contributed by atoms with E-state index in [-0.39, 0.29) is 4.90 Å². The molecule has 3 rings (SSSR count). The van der Waals surface area contributed by atoms with E-state index in [4.69, 9.17) is 10.1 Å². The molecule has 0 radical (unpaired) electrons. The van der Waals surface area contributed by atoms with Crippen LogP contribution >= 0.6 is 11.3 Å². The van der Waals surface area contributed by atoms with Gasteiger partial charge in [0.1, 0.15) is 0 Å². The van der Waals surface area contributed by atoms with Crippen molar-refractivity contribution >= 4 is 26.5 Å². The number of rotatable bonds is 7. The summed E-state index contributed by atoms with van der Waals surface area (Å²) in [6.45, 7) is 7.16. The normalized spacial score (nSPS) is 11.7. The molecule has 8 heteroatoms. The number of sulfonamides is 1. The molecule has 3 N–H and O–H groups in total. The predicted molar refractivity (Wildman–Crippen MR) is 111 cm³/mol. The Labute approximate surface area is 164 Å². The molecule has 0 unspecified atom stereocenters. The average molecular weight is 405 g/mol. The zero-order valence-corrected chi connectivity index (χ0v) is 17.3. The molecule has 0 saturated heterocycles. The minimum absolute atomic E-state index is 0.108. The fraction of sp³-hybridized carbons (Fsp3) is 0.316. The van der Waals surface area contributed by atoms with E-state index in [1.165, 1.54) is 12.1 Å². The molecule has 27 heavy (non-hydrogen) atoms. The van der Waals surface area contributed by atoms with Gasteiger partial charge in [-0.2, -0.15) is 0 Å². The molecule has 144 valence electrons. The van der Waals surface area contributed by atoms with Crippen LogP contribution in [-0.4, -0.2) is 24.5 Å². The van der Waals surface area contributed by atoms with Crippen molar-refractivity contribution in [1.82, 2.24) is 9.55 Å². The monoisotopic (exact) mass is 404 g/mol. The van der Waals surface area contributed by atoms with Crippen LogP contribution in [-0.2, 0) is 10.0 Å². The Morgan fingerprint density at radius 2 is 1.93 bits per heavy atom. The van der Waals surface area contributed by atoms with E-state index in [0.717, 1.165) is 52.9 Å². The van der Waals surface area contributed by atoms with Gasteiger partial charge in [-0.15, -0.1) is 11.3 Å². The number of nitrogens with two attached hydrogens (primary N) is 1. The minimum atomic E-state index is -3.69. The Morgan fingerprint density at radius 3 is 2.56 bits per heavy atom. The summed E-state index contributed by atoms with van der Waals surface area (Å²) < 4.78 is 25.0. The van der Waals surface area contributed by atoms with Gasteiger partial charge in [-0.3, -0.25) is 0 Å². The highest BCUT2D eigenvalue weighted by molar-refractivity contribution is 7.89. The van der Waals surface area contributed by atoms with Gasteiger partial charge in [-0.25, -0.2) is 18.5 Å². The summed E-state index contributed by atoms with van der Waals surface area (Å²) in [5, 5.41) is 11.5. The van der Waals surface area contributed by atoms with Gasteiger partial charge in [0.25, 0.3) is 0 Å². The molecule has 0 amide bonds. The number of primary sulfonamides is 1. The van der Waals surface area contributed by atoms with Crippen LogP contribution in [0.3, 0.4) is 0 Å².